The summed E-state index contributed by atoms with van der Waals surface area (Å²) in [6.45, 7) is 1.74. The van der Waals surface area contributed by atoms with E-state index in [-0.39, 0.29) is 15.5 Å². The summed E-state index contributed by atoms with van der Waals surface area (Å²) in [6, 6.07) is 7.23. The monoisotopic (exact) mass is 326 g/mol. The lowest BCUT2D eigenvalue weighted by molar-refractivity contribution is 0.0981. The van der Waals surface area contributed by atoms with Crippen molar-refractivity contribution in [2.45, 2.75) is 11.8 Å². The third-order valence-electron chi connectivity index (χ3n) is 2.65. The highest BCUT2D eigenvalue weighted by Crippen LogP contribution is 2.12. The molecule has 0 unspecified atom stereocenters. The zero-order valence-corrected chi connectivity index (χ0v) is 12.5. The largest absolute Gasteiger partial charge is 0.327 e. The Balaban J connectivity index is 2.30. The molecular formula is C13H11ClN2O4S. The molecule has 0 fully saturated rings. The van der Waals surface area contributed by atoms with Crippen molar-refractivity contribution in [2.75, 3.05) is 0 Å². The molecule has 0 spiro atoms. The number of amides is 1. The van der Waals surface area contributed by atoms with Gasteiger partial charge in [-0.25, -0.2) is 13.1 Å². The van der Waals surface area contributed by atoms with E-state index in [4.69, 9.17) is 11.6 Å². The second-order valence-electron chi connectivity index (χ2n) is 4.32. The van der Waals surface area contributed by atoms with Crippen LogP contribution in [0.25, 0.3) is 0 Å². The predicted octanol–water partition coefficient (Wildman–Crippen LogP) is 1.46. The number of carbonyl (C=O) groups is 1. The van der Waals surface area contributed by atoms with Gasteiger partial charge in [0.2, 0.25) is 0 Å². The van der Waals surface area contributed by atoms with E-state index >= 15 is 0 Å². The Hall–Kier alpha value is -2.12. The van der Waals surface area contributed by atoms with Gasteiger partial charge in [-0.1, -0.05) is 23.7 Å². The van der Waals surface area contributed by atoms with Gasteiger partial charge in [0.15, 0.2) is 0 Å². The molecule has 1 heterocycles. The first-order valence-electron chi connectivity index (χ1n) is 5.81. The molecule has 2 rings (SSSR count). The van der Waals surface area contributed by atoms with Crippen LogP contribution in [-0.2, 0) is 10.0 Å². The molecule has 1 aromatic heterocycles. The topological polar surface area (TPSA) is 96.1 Å². The molecule has 0 aliphatic carbocycles. The number of hydrogen-bond acceptors (Lipinski definition) is 4. The van der Waals surface area contributed by atoms with Gasteiger partial charge in [0, 0.05) is 6.20 Å². The van der Waals surface area contributed by atoms with Gasteiger partial charge in [0.1, 0.15) is 5.02 Å². The number of benzene rings is 1. The smallest absolute Gasteiger partial charge is 0.266 e. The molecule has 0 saturated carbocycles. The molecule has 0 aliphatic rings. The maximum absolute atomic E-state index is 12.1. The van der Waals surface area contributed by atoms with E-state index in [1.807, 2.05) is 4.72 Å². The highest BCUT2D eigenvalue weighted by atomic mass is 35.5. The van der Waals surface area contributed by atoms with Crippen LogP contribution in [0.3, 0.4) is 0 Å². The van der Waals surface area contributed by atoms with Crippen LogP contribution in [0.1, 0.15) is 15.9 Å². The quantitative estimate of drug-likeness (QED) is 0.892. The van der Waals surface area contributed by atoms with Crippen molar-refractivity contribution >= 4 is 27.5 Å². The average molecular weight is 327 g/mol. The van der Waals surface area contributed by atoms with Gasteiger partial charge in [-0.05, 0) is 30.7 Å². The summed E-state index contributed by atoms with van der Waals surface area (Å²) in [5.74, 6) is -0.880. The number of sulfonamides is 1. The Labute approximate surface area is 125 Å². The zero-order valence-electron chi connectivity index (χ0n) is 10.9. The van der Waals surface area contributed by atoms with Gasteiger partial charge in [0.25, 0.3) is 21.5 Å². The first kappa shape index (κ1) is 15.3. The van der Waals surface area contributed by atoms with E-state index in [0.717, 1.165) is 17.8 Å². The minimum atomic E-state index is -3.99. The molecule has 6 nitrogen and oxygen atoms in total. The summed E-state index contributed by atoms with van der Waals surface area (Å²) in [6.07, 6.45) is 1.09. The van der Waals surface area contributed by atoms with Crippen molar-refractivity contribution in [1.82, 2.24) is 9.71 Å². The number of aromatic amines is 1. The number of nitrogens with one attached hydrogen (secondary N) is 2. The molecule has 0 bridgehead atoms. The van der Waals surface area contributed by atoms with Crippen LogP contribution in [0.2, 0.25) is 5.02 Å². The molecule has 110 valence electrons. The fourth-order valence-electron chi connectivity index (χ4n) is 1.61. The molecule has 8 heteroatoms. The van der Waals surface area contributed by atoms with E-state index < -0.39 is 21.5 Å². The normalized spacial score (nSPS) is 11.1. The molecule has 1 amide bonds. The summed E-state index contributed by atoms with van der Waals surface area (Å²) >= 11 is 5.59. The molecule has 0 saturated heterocycles. The van der Waals surface area contributed by atoms with E-state index in [0.29, 0.717) is 0 Å². The van der Waals surface area contributed by atoms with Crippen LogP contribution in [0.4, 0.5) is 0 Å². The molecule has 1 aromatic carbocycles. The number of pyridine rings is 1. The summed E-state index contributed by atoms with van der Waals surface area (Å²) in [4.78, 5) is 25.2. The third-order valence-corrected chi connectivity index (χ3v) is 4.26. The van der Waals surface area contributed by atoms with Gasteiger partial charge in [0.05, 0.1) is 10.5 Å². The van der Waals surface area contributed by atoms with Gasteiger partial charge < -0.3 is 4.98 Å². The number of halogens is 1. The highest BCUT2D eigenvalue weighted by molar-refractivity contribution is 7.90. The fourth-order valence-corrected chi connectivity index (χ4v) is 2.86. The molecule has 2 aromatic rings. The van der Waals surface area contributed by atoms with Gasteiger partial charge in [-0.2, -0.15) is 0 Å². The van der Waals surface area contributed by atoms with E-state index in [1.165, 1.54) is 12.1 Å². The maximum atomic E-state index is 12.1. The Morgan fingerprint density at radius 3 is 2.62 bits per heavy atom. The molecule has 2 N–H and O–H groups in total. The van der Waals surface area contributed by atoms with Crippen LogP contribution in [0.15, 0.2) is 46.2 Å². The van der Waals surface area contributed by atoms with Gasteiger partial charge in [-0.15, -0.1) is 0 Å². The predicted molar refractivity (Wildman–Crippen MR) is 77.9 cm³/mol. The lowest BCUT2D eigenvalue weighted by Gasteiger charge is -2.07. The number of rotatable bonds is 3. The van der Waals surface area contributed by atoms with Crippen LogP contribution in [-0.4, -0.2) is 19.3 Å². The number of hydrogen-bond donors (Lipinski definition) is 2. The number of aryl methyl sites for hydroxylation is 1. The van der Waals surface area contributed by atoms with Crippen molar-refractivity contribution in [2.24, 2.45) is 0 Å². The summed E-state index contributed by atoms with van der Waals surface area (Å²) in [7, 11) is -3.99. The second kappa shape index (κ2) is 5.71. The first-order valence-corrected chi connectivity index (χ1v) is 7.68. The minimum Gasteiger partial charge on any atom is -0.327 e. The Kier molecular flexibility index (Phi) is 4.15. The lowest BCUT2D eigenvalue weighted by Crippen LogP contribution is -2.31. The summed E-state index contributed by atoms with van der Waals surface area (Å²) < 4.78 is 26.1. The molecule has 0 aliphatic heterocycles. The highest BCUT2D eigenvalue weighted by Gasteiger charge is 2.19. The van der Waals surface area contributed by atoms with Crippen molar-refractivity contribution in [3.8, 4) is 0 Å². The van der Waals surface area contributed by atoms with Gasteiger partial charge >= 0.3 is 0 Å². The van der Waals surface area contributed by atoms with Crippen molar-refractivity contribution in [1.29, 1.82) is 0 Å². The molecular weight excluding hydrogens is 316 g/mol. The van der Waals surface area contributed by atoms with Crippen LogP contribution in [0, 0.1) is 6.92 Å². The van der Waals surface area contributed by atoms with E-state index in [1.54, 1.807) is 19.1 Å². The maximum Gasteiger partial charge on any atom is 0.266 e. The molecule has 21 heavy (non-hydrogen) atoms. The third kappa shape index (κ3) is 3.50. The fraction of sp³-hybridized carbons (Fsp3) is 0.0769. The number of aromatic nitrogens is 1. The minimum absolute atomic E-state index is 0.0219. The lowest BCUT2D eigenvalue weighted by atomic mass is 10.2. The first-order chi connectivity index (χ1) is 9.79. The summed E-state index contributed by atoms with van der Waals surface area (Å²) in [5.41, 5.74) is 0.128. The Morgan fingerprint density at radius 1 is 1.29 bits per heavy atom. The average Bonchev–Trinajstić information content (AvgIpc) is 2.41. The SMILES string of the molecule is Cc1cccc(S(=O)(=O)NC(=O)c2c[nH]c(=O)c(Cl)c2)c1. The summed E-state index contributed by atoms with van der Waals surface area (Å²) in [5, 5.41) is -0.199. The van der Waals surface area contributed by atoms with Crippen LogP contribution < -0.4 is 10.3 Å². The van der Waals surface area contributed by atoms with Crippen molar-refractivity contribution in [3.63, 3.8) is 0 Å². The standard InChI is InChI=1S/C13H11ClN2O4S/c1-8-3-2-4-10(5-8)21(19,20)16-12(17)9-6-11(14)13(18)15-7-9/h2-7H,1H3,(H,15,18)(H,16,17). The van der Waals surface area contributed by atoms with Crippen LogP contribution >= 0.6 is 11.6 Å². The van der Waals surface area contributed by atoms with Crippen molar-refractivity contribution in [3.05, 3.63) is 63.0 Å². The zero-order chi connectivity index (χ0) is 15.6. The number of H-pyrrole nitrogens is 1. The Bertz CT molecular complexity index is 858. The Morgan fingerprint density at radius 2 is 2.00 bits per heavy atom. The van der Waals surface area contributed by atoms with E-state index in [9.17, 15) is 18.0 Å². The number of carbonyl (C=O) groups excluding carboxylic acids is 1. The molecule has 0 radical (unpaired) electrons. The van der Waals surface area contributed by atoms with Crippen molar-refractivity contribution < 1.29 is 13.2 Å². The van der Waals surface area contributed by atoms with E-state index in [2.05, 4.69) is 4.98 Å². The second-order valence-corrected chi connectivity index (χ2v) is 6.41. The van der Waals surface area contributed by atoms with Crippen LogP contribution in [0.5, 0.6) is 0 Å². The molecule has 0 atom stereocenters. The van der Waals surface area contributed by atoms with Gasteiger partial charge in [-0.3, -0.25) is 9.59 Å².